The van der Waals surface area contributed by atoms with Crippen LogP contribution < -0.4 is 10.6 Å². The lowest BCUT2D eigenvalue weighted by molar-refractivity contribution is -0.127. The summed E-state index contributed by atoms with van der Waals surface area (Å²) in [5, 5.41) is 6.53. The van der Waals surface area contributed by atoms with Crippen molar-refractivity contribution in [1.29, 1.82) is 0 Å². The van der Waals surface area contributed by atoms with E-state index in [-0.39, 0.29) is 11.9 Å². The molecule has 0 aromatic rings. The molecule has 3 rings (SSSR count). The highest BCUT2D eigenvalue weighted by Gasteiger charge is 2.34. The van der Waals surface area contributed by atoms with Crippen molar-refractivity contribution >= 4 is 5.91 Å². The fourth-order valence-electron chi connectivity index (χ4n) is 5.99. The van der Waals surface area contributed by atoms with Gasteiger partial charge in [0.25, 0.3) is 0 Å². The van der Waals surface area contributed by atoms with Gasteiger partial charge in [-0.3, -0.25) is 14.6 Å². The van der Waals surface area contributed by atoms with E-state index in [0.29, 0.717) is 24.9 Å². The van der Waals surface area contributed by atoms with E-state index in [4.69, 9.17) is 9.47 Å². The first-order valence-corrected chi connectivity index (χ1v) is 14.7. The van der Waals surface area contributed by atoms with Gasteiger partial charge in [-0.1, -0.05) is 13.8 Å². The first-order chi connectivity index (χ1) is 17.3. The molecule has 1 amide bonds. The van der Waals surface area contributed by atoms with Gasteiger partial charge in [-0.2, -0.15) is 0 Å². The summed E-state index contributed by atoms with van der Waals surface area (Å²) in [7, 11) is 2.04. The molecule has 2 unspecified atom stereocenters. The maximum atomic E-state index is 12.5. The average Bonchev–Trinajstić information content (AvgIpc) is 2.80. The Morgan fingerprint density at radius 3 is 2.19 bits per heavy atom. The zero-order valence-corrected chi connectivity index (χ0v) is 23.8. The predicted octanol–water partition coefficient (Wildman–Crippen LogP) is 2.04. The van der Waals surface area contributed by atoms with Crippen LogP contribution in [-0.2, 0) is 14.3 Å². The number of piperazine rings is 1. The molecule has 2 atom stereocenters. The van der Waals surface area contributed by atoms with Gasteiger partial charge in [0.2, 0.25) is 5.91 Å². The van der Waals surface area contributed by atoms with Crippen molar-refractivity contribution in [2.75, 3.05) is 79.1 Å². The molecule has 3 aliphatic rings. The van der Waals surface area contributed by atoms with Crippen molar-refractivity contribution in [3.05, 3.63) is 0 Å². The van der Waals surface area contributed by atoms with E-state index in [1.165, 1.54) is 13.0 Å². The third-order valence-electron chi connectivity index (χ3n) is 8.00. The number of piperidine rings is 1. The van der Waals surface area contributed by atoms with E-state index in [0.717, 1.165) is 96.5 Å². The van der Waals surface area contributed by atoms with Gasteiger partial charge in [-0.05, 0) is 71.4 Å². The number of amides is 1. The molecule has 2 heterocycles. The van der Waals surface area contributed by atoms with Gasteiger partial charge in [0.1, 0.15) is 0 Å². The summed E-state index contributed by atoms with van der Waals surface area (Å²) in [5.41, 5.74) is 0. The first-order valence-electron chi connectivity index (χ1n) is 14.7. The van der Waals surface area contributed by atoms with Gasteiger partial charge in [0.15, 0.2) is 0 Å². The van der Waals surface area contributed by atoms with Crippen LogP contribution in [0, 0.1) is 11.8 Å². The van der Waals surface area contributed by atoms with Crippen LogP contribution in [0.4, 0.5) is 0 Å². The maximum absolute atomic E-state index is 12.5. The van der Waals surface area contributed by atoms with Crippen molar-refractivity contribution < 1.29 is 14.3 Å². The lowest BCUT2D eigenvalue weighted by atomic mass is 9.88. The van der Waals surface area contributed by atoms with Crippen molar-refractivity contribution in [1.82, 2.24) is 25.3 Å². The van der Waals surface area contributed by atoms with E-state index >= 15 is 0 Å². The Bertz CT molecular complexity index is 614. The zero-order chi connectivity index (χ0) is 25.9. The second-order valence-corrected chi connectivity index (χ2v) is 12.0. The topological polar surface area (TPSA) is 69.3 Å². The molecule has 2 aliphatic heterocycles. The van der Waals surface area contributed by atoms with E-state index in [1.807, 2.05) is 7.05 Å². The van der Waals surface area contributed by atoms with E-state index in [1.54, 1.807) is 0 Å². The number of nitrogens with one attached hydrogen (secondary N) is 2. The summed E-state index contributed by atoms with van der Waals surface area (Å²) in [6.07, 6.45) is 6.51. The third-order valence-corrected chi connectivity index (χ3v) is 8.00. The van der Waals surface area contributed by atoms with Gasteiger partial charge < -0.3 is 25.0 Å². The molecule has 36 heavy (non-hydrogen) atoms. The fourth-order valence-corrected chi connectivity index (χ4v) is 5.99. The molecule has 0 aromatic carbocycles. The van der Waals surface area contributed by atoms with Crippen LogP contribution in [0.5, 0.6) is 0 Å². The van der Waals surface area contributed by atoms with Crippen LogP contribution in [0.1, 0.15) is 59.8 Å². The van der Waals surface area contributed by atoms with Crippen LogP contribution in [0.2, 0.25) is 0 Å². The van der Waals surface area contributed by atoms with Crippen LogP contribution in [0.3, 0.4) is 0 Å². The molecule has 2 N–H and O–H groups in total. The number of hydrogen-bond donors (Lipinski definition) is 2. The summed E-state index contributed by atoms with van der Waals surface area (Å²) in [6, 6.07) is 0.289. The maximum Gasteiger partial charge on any atom is 0.234 e. The molecule has 1 aliphatic carbocycles. The highest BCUT2D eigenvalue weighted by molar-refractivity contribution is 5.78. The molecular formula is C28H55N5O3. The summed E-state index contributed by atoms with van der Waals surface area (Å²) < 4.78 is 12.0. The number of likely N-dealkylation sites (tertiary alicyclic amines) is 1. The summed E-state index contributed by atoms with van der Waals surface area (Å²) in [6.45, 7) is 19.7. The largest absolute Gasteiger partial charge is 0.377 e. The normalized spacial score (nSPS) is 26.6. The van der Waals surface area contributed by atoms with Crippen molar-refractivity contribution in [2.45, 2.75) is 84.2 Å². The van der Waals surface area contributed by atoms with Crippen LogP contribution >= 0.6 is 0 Å². The molecule has 3 fully saturated rings. The molecule has 210 valence electrons. The van der Waals surface area contributed by atoms with E-state index in [9.17, 15) is 4.79 Å². The molecule has 1 saturated carbocycles. The predicted molar refractivity (Wildman–Crippen MR) is 146 cm³/mol. The van der Waals surface area contributed by atoms with Gasteiger partial charge in [-0.15, -0.1) is 0 Å². The fraction of sp³-hybridized carbons (Fsp3) is 0.964. The average molecular weight is 510 g/mol. The molecule has 8 heteroatoms. The second kappa shape index (κ2) is 15.6. The number of nitrogens with zero attached hydrogens (tertiary/aromatic N) is 3. The summed E-state index contributed by atoms with van der Waals surface area (Å²) in [5.74, 6) is 1.65. The van der Waals surface area contributed by atoms with Crippen LogP contribution in [-0.4, -0.2) is 124 Å². The number of ether oxygens (including phenoxy) is 2. The number of hydrogen-bond acceptors (Lipinski definition) is 7. The summed E-state index contributed by atoms with van der Waals surface area (Å²) in [4.78, 5) is 19.9. The van der Waals surface area contributed by atoms with Gasteiger partial charge in [0.05, 0.1) is 31.5 Å². The van der Waals surface area contributed by atoms with Gasteiger partial charge in [0, 0.05) is 58.4 Å². The Hall–Kier alpha value is -0.770. The Labute approximate surface area is 220 Å². The van der Waals surface area contributed by atoms with E-state index < -0.39 is 0 Å². The quantitative estimate of drug-likeness (QED) is 0.350. The highest BCUT2D eigenvalue weighted by atomic mass is 16.5. The smallest absolute Gasteiger partial charge is 0.234 e. The second-order valence-electron chi connectivity index (χ2n) is 12.0. The Kier molecular flexibility index (Phi) is 12.9. The number of rotatable bonds is 15. The Morgan fingerprint density at radius 1 is 0.889 bits per heavy atom. The summed E-state index contributed by atoms with van der Waals surface area (Å²) >= 11 is 0. The minimum atomic E-state index is 0.168. The van der Waals surface area contributed by atoms with Gasteiger partial charge >= 0.3 is 0 Å². The van der Waals surface area contributed by atoms with Gasteiger partial charge in [-0.25, -0.2) is 0 Å². The van der Waals surface area contributed by atoms with Crippen molar-refractivity contribution in [3.8, 4) is 0 Å². The lowest BCUT2D eigenvalue weighted by Crippen LogP contribution is -2.54. The Morgan fingerprint density at radius 2 is 1.56 bits per heavy atom. The lowest BCUT2D eigenvalue weighted by Gasteiger charge is -2.41. The molecule has 0 radical (unpaired) electrons. The number of carbonyl (C=O) groups excluding carboxylic acids is 1. The highest BCUT2D eigenvalue weighted by Crippen LogP contribution is 2.28. The molecule has 0 aromatic heterocycles. The van der Waals surface area contributed by atoms with Crippen LogP contribution in [0.25, 0.3) is 0 Å². The molecule has 2 saturated heterocycles. The monoisotopic (exact) mass is 509 g/mol. The molecular weight excluding hydrogens is 454 g/mol. The third kappa shape index (κ3) is 10.9. The Balaban J connectivity index is 1.20. The van der Waals surface area contributed by atoms with Crippen molar-refractivity contribution in [2.24, 2.45) is 11.8 Å². The first kappa shape index (κ1) is 29.8. The van der Waals surface area contributed by atoms with Crippen molar-refractivity contribution in [3.63, 3.8) is 0 Å². The minimum absolute atomic E-state index is 0.168. The molecule has 0 bridgehead atoms. The molecule has 8 nitrogen and oxygen atoms in total. The standard InChI is InChI=1S/C28H55N5O3/c1-22(2)35-15-14-31-10-12-33(13-11-31)21-28(34)30-25-17-27(18-25)36-26-6-8-32(9-7-26)20-24(4)16-23(3)19-29-5/h22-27,29H,6-21H2,1-5H3,(H,30,34). The molecule has 0 spiro atoms. The van der Waals surface area contributed by atoms with E-state index in [2.05, 4.69) is 53.0 Å². The zero-order valence-electron chi connectivity index (χ0n) is 23.8. The SMILES string of the molecule is CNCC(C)CC(C)CN1CCC(OC2CC(NC(=O)CN3CCN(CCOC(C)C)CC3)C2)CC1. The minimum Gasteiger partial charge on any atom is -0.377 e. The van der Waals surface area contributed by atoms with Crippen LogP contribution in [0.15, 0.2) is 0 Å². The number of carbonyl (C=O) groups is 1.